The summed E-state index contributed by atoms with van der Waals surface area (Å²) in [6.45, 7) is 8.72. The number of hydrogen-bond acceptors (Lipinski definition) is 1. The van der Waals surface area contributed by atoms with Gasteiger partial charge in [0.1, 0.15) is 6.54 Å². The van der Waals surface area contributed by atoms with Crippen molar-refractivity contribution >= 4 is 23.0 Å². The van der Waals surface area contributed by atoms with Crippen LogP contribution in [-0.2, 0) is 13.1 Å². The number of thiocarbonyl (C=S) groups is 1. The summed E-state index contributed by atoms with van der Waals surface area (Å²) in [7, 11) is 0. The maximum Gasteiger partial charge on any atom is 0.171 e. The van der Waals surface area contributed by atoms with E-state index >= 15 is 0 Å². The minimum atomic E-state index is 0.678. The van der Waals surface area contributed by atoms with Gasteiger partial charge in [0.15, 0.2) is 5.11 Å². The lowest BCUT2D eigenvalue weighted by molar-refractivity contribution is -0.901. The van der Waals surface area contributed by atoms with Crippen LogP contribution < -0.4 is 15.5 Å². The molecule has 1 saturated heterocycles. The highest BCUT2D eigenvalue weighted by molar-refractivity contribution is 7.80. The quantitative estimate of drug-likeness (QED) is 0.721. The van der Waals surface area contributed by atoms with Crippen molar-refractivity contribution in [2.45, 2.75) is 39.8 Å². The Kier molecular flexibility index (Phi) is 6.05. The van der Waals surface area contributed by atoms with Crippen LogP contribution in [0, 0.1) is 13.8 Å². The Bertz CT molecular complexity index is 736. The van der Waals surface area contributed by atoms with E-state index in [0.29, 0.717) is 5.11 Å². The number of quaternary nitrogens is 1. The summed E-state index contributed by atoms with van der Waals surface area (Å²) in [5, 5.41) is 7.38. The van der Waals surface area contributed by atoms with Gasteiger partial charge >= 0.3 is 0 Å². The molecule has 2 aromatic rings. The van der Waals surface area contributed by atoms with E-state index in [4.69, 9.17) is 12.2 Å². The SMILES string of the molecule is Cc1cccc(NC(=S)NCc2ccccc2C[NH+]2CCCC2)c1C. The zero-order valence-corrected chi connectivity index (χ0v) is 16.0. The molecule has 0 radical (unpaired) electrons. The molecule has 3 N–H and O–H groups in total. The normalized spacial score (nSPS) is 14.5. The van der Waals surface area contributed by atoms with Gasteiger partial charge in [0, 0.05) is 30.6 Å². The summed E-state index contributed by atoms with van der Waals surface area (Å²) in [5.41, 5.74) is 6.36. The van der Waals surface area contributed by atoms with Crippen molar-refractivity contribution in [3.8, 4) is 0 Å². The summed E-state index contributed by atoms with van der Waals surface area (Å²) < 4.78 is 0. The third-order valence-electron chi connectivity index (χ3n) is 5.16. The summed E-state index contributed by atoms with van der Waals surface area (Å²) >= 11 is 5.50. The van der Waals surface area contributed by atoms with E-state index in [-0.39, 0.29) is 0 Å². The van der Waals surface area contributed by atoms with Crippen molar-refractivity contribution < 1.29 is 4.90 Å². The molecule has 0 aromatic heterocycles. The number of aryl methyl sites for hydroxylation is 1. The first-order chi connectivity index (χ1) is 12.1. The minimum Gasteiger partial charge on any atom is -0.358 e. The van der Waals surface area contributed by atoms with Gasteiger partial charge in [-0.05, 0) is 48.8 Å². The van der Waals surface area contributed by atoms with Crippen molar-refractivity contribution in [1.82, 2.24) is 5.32 Å². The van der Waals surface area contributed by atoms with E-state index in [2.05, 4.69) is 66.9 Å². The van der Waals surface area contributed by atoms with Crippen molar-refractivity contribution in [3.05, 3.63) is 64.7 Å². The van der Waals surface area contributed by atoms with E-state index in [1.165, 1.54) is 48.2 Å². The molecular weight excluding hydrogens is 326 g/mol. The molecule has 25 heavy (non-hydrogen) atoms. The summed E-state index contributed by atoms with van der Waals surface area (Å²) in [5.74, 6) is 0. The summed E-state index contributed by atoms with van der Waals surface area (Å²) in [4.78, 5) is 1.70. The van der Waals surface area contributed by atoms with Crippen LogP contribution in [0.3, 0.4) is 0 Å². The molecule has 1 heterocycles. The largest absolute Gasteiger partial charge is 0.358 e. The molecule has 0 aliphatic carbocycles. The molecule has 0 bridgehead atoms. The van der Waals surface area contributed by atoms with Crippen molar-refractivity contribution in [2.75, 3.05) is 18.4 Å². The van der Waals surface area contributed by atoms with Gasteiger partial charge in [0.25, 0.3) is 0 Å². The average molecular weight is 355 g/mol. The molecule has 3 nitrogen and oxygen atoms in total. The number of hydrogen-bond donors (Lipinski definition) is 3. The molecule has 0 saturated carbocycles. The zero-order chi connectivity index (χ0) is 17.6. The summed E-state index contributed by atoms with van der Waals surface area (Å²) in [6, 6.07) is 15.0. The van der Waals surface area contributed by atoms with E-state index in [9.17, 15) is 0 Å². The van der Waals surface area contributed by atoms with Crippen LogP contribution in [0.5, 0.6) is 0 Å². The molecule has 1 fully saturated rings. The zero-order valence-electron chi connectivity index (χ0n) is 15.2. The van der Waals surface area contributed by atoms with Gasteiger partial charge < -0.3 is 15.5 Å². The molecule has 3 rings (SSSR count). The highest BCUT2D eigenvalue weighted by Gasteiger charge is 2.17. The predicted molar refractivity (Wildman–Crippen MR) is 109 cm³/mol. The van der Waals surface area contributed by atoms with Crippen LogP contribution >= 0.6 is 12.2 Å². The highest BCUT2D eigenvalue weighted by atomic mass is 32.1. The van der Waals surface area contributed by atoms with Crippen LogP contribution in [0.15, 0.2) is 42.5 Å². The number of likely N-dealkylation sites (tertiary alicyclic amines) is 1. The Morgan fingerprint density at radius 1 is 1.00 bits per heavy atom. The molecule has 0 amide bonds. The van der Waals surface area contributed by atoms with Crippen LogP contribution in [0.1, 0.15) is 35.1 Å². The lowest BCUT2D eigenvalue weighted by Crippen LogP contribution is -3.08. The third kappa shape index (κ3) is 4.80. The standard InChI is InChI=1S/C21H27N3S/c1-16-8-7-11-20(17(16)2)23-21(25)22-14-18-9-3-4-10-19(18)15-24-12-5-6-13-24/h3-4,7-11H,5-6,12-15H2,1-2H3,(H2,22,23,25)/p+1. The Hall–Kier alpha value is -1.91. The minimum absolute atomic E-state index is 0.678. The first kappa shape index (κ1) is 17.9. The Morgan fingerprint density at radius 2 is 1.72 bits per heavy atom. The highest BCUT2D eigenvalue weighted by Crippen LogP contribution is 2.17. The molecule has 132 valence electrons. The lowest BCUT2D eigenvalue weighted by atomic mass is 10.1. The molecule has 0 atom stereocenters. The second-order valence-corrected chi connectivity index (χ2v) is 7.37. The number of nitrogens with one attached hydrogen (secondary N) is 3. The van der Waals surface area contributed by atoms with Crippen LogP contribution in [0.25, 0.3) is 0 Å². The van der Waals surface area contributed by atoms with Crippen LogP contribution in [-0.4, -0.2) is 18.2 Å². The molecule has 0 spiro atoms. The molecular formula is C21H28N3S+. The van der Waals surface area contributed by atoms with Crippen molar-refractivity contribution in [3.63, 3.8) is 0 Å². The second-order valence-electron chi connectivity index (χ2n) is 6.96. The van der Waals surface area contributed by atoms with E-state index in [0.717, 1.165) is 18.8 Å². The molecule has 1 aliphatic heterocycles. The maximum atomic E-state index is 5.50. The van der Waals surface area contributed by atoms with Gasteiger partial charge in [0.05, 0.1) is 13.1 Å². The number of anilines is 1. The van der Waals surface area contributed by atoms with Gasteiger partial charge in [-0.1, -0.05) is 36.4 Å². The average Bonchev–Trinajstić information content (AvgIpc) is 3.11. The number of rotatable bonds is 5. The van der Waals surface area contributed by atoms with Gasteiger partial charge in [-0.2, -0.15) is 0 Å². The van der Waals surface area contributed by atoms with Crippen LogP contribution in [0.4, 0.5) is 5.69 Å². The Balaban J connectivity index is 1.59. The monoisotopic (exact) mass is 354 g/mol. The third-order valence-corrected chi connectivity index (χ3v) is 5.41. The van der Waals surface area contributed by atoms with Gasteiger partial charge in [-0.3, -0.25) is 0 Å². The Labute approximate surface area is 156 Å². The molecule has 4 heteroatoms. The number of benzene rings is 2. The Morgan fingerprint density at radius 3 is 2.48 bits per heavy atom. The van der Waals surface area contributed by atoms with E-state index in [1.807, 2.05) is 0 Å². The maximum absolute atomic E-state index is 5.50. The molecule has 2 aromatic carbocycles. The molecule has 0 unspecified atom stereocenters. The van der Waals surface area contributed by atoms with E-state index < -0.39 is 0 Å². The molecule has 1 aliphatic rings. The first-order valence-electron chi connectivity index (χ1n) is 9.15. The van der Waals surface area contributed by atoms with Crippen molar-refractivity contribution in [2.24, 2.45) is 0 Å². The van der Waals surface area contributed by atoms with Gasteiger partial charge in [-0.15, -0.1) is 0 Å². The predicted octanol–water partition coefficient (Wildman–Crippen LogP) is 2.97. The van der Waals surface area contributed by atoms with Gasteiger partial charge in [-0.25, -0.2) is 0 Å². The lowest BCUT2D eigenvalue weighted by Gasteiger charge is -2.17. The van der Waals surface area contributed by atoms with Crippen LogP contribution in [0.2, 0.25) is 0 Å². The fourth-order valence-electron chi connectivity index (χ4n) is 3.45. The smallest absolute Gasteiger partial charge is 0.171 e. The fraction of sp³-hybridized carbons (Fsp3) is 0.381. The first-order valence-corrected chi connectivity index (χ1v) is 9.56. The van der Waals surface area contributed by atoms with E-state index in [1.54, 1.807) is 4.90 Å². The topological polar surface area (TPSA) is 28.5 Å². The second kappa shape index (κ2) is 8.45. The van der Waals surface area contributed by atoms with Gasteiger partial charge in [0.2, 0.25) is 0 Å². The fourth-order valence-corrected chi connectivity index (χ4v) is 3.63. The van der Waals surface area contributed by atoms with Crippen molar-refractivity contribution in [1.29, 1.82) is 0 Å². The summed E-state index contributed by atoms with van der Waals surface area (Å²) in [6.07, 6.45) is 2.72.